The highest BCUT2D eigenvalue weighted by Gasteiger charge is 2.08. The van der Waals surface area contributed by atoms with Gasteiger partial charge in [0.15, 0.2) is 5.96 Å². The fraction of sp³-hybridized carbons (Fsp3) is 0.941. The van der Waals surface area contributed by atoms with Gasteiger partial charge in [0, 0.05) is 33.4 Å². The van der Waals surface area contributed by atoms with Gasteiger partial charge in [-0.1, -0.05) is 12.8 Å². The standard InChI is InChI=1S/C17H36N4O/c1-3-18-17(20-12-10-16-22-2)19-11-6-4-7-13-21-14-8-5-9-15-21/h3-16H2,1-2H3,(H2,18,19,20). The van der Waals surface area contributed by atoms with Gasteiger partial charge in [0.1, 0.15) is 0 Å². The smallest absolute Gasteiger partial charge is 0.191 e. The van der Waals surface area contributed by atoms with Gasteiger partial charge in [-0.2, -0.15) is 0 Å². The third-order valence-corrected chi connectivity index (χ3v) is 4.01. The molecule has 0 radical (unpaired) electrons. The molecule has 0 unspecified atom stereocenters. The molecule has 130 valence electrons. The number of unbranched alkanes of at least 4 members (excludes halogenated alkanes) is 2. The van der Waals surface area contributed by atoms with Gasteiger partial charge in [0.2, 0.25) is 0 Å². The Labute approximate surface area is 136 Å². The van der Waals surface area contributed by atoms with Crippen molar-refractivity contribution in [2.24, 2.45) is 4.99 Å². The van der Waals surface area contributed by atoms with Crippen LogP contribution in [0, 0.1) is 0 Å². The van der Waals surface area contributed by atoms with E-state index in [9.17, 15) is 0 Å². The molecular weight excluding hydrogens is 276 g/mol. The van der Waals surface area contributed by atoms with Crippen molar-refractivity contribution in [3.63, 3.8) is 0 Å². The van der Waals surface area contributed by atoms with E-state index in [1.807, 2.05) is 0 Å². The molecule has 0 bridgehead atoms. The van der Waals surface area contributed by atoms with Crippen molar-refractivity contribution in [1.29, 1.82) is 0 Å². The molecule has 0 aromatic rings. The summed E-state index contributed by atoms with van der Waals surface area (Å²) in [6, 6.07) is 0. The van der Waals surface area contributed by atoms with Crippen LogP contribution in [-0.4, -0.2) is 63.8 Å². The van der Waals surface area contributed by atoms with E-state index in [0.29, 0.717) is 0 Å². The molecule has 0 aliphatic carbocycles. The minimum atomic E-state index is 0.777. The number of piperidine rings is 1. The summed E-state index contributed by atoms with van der Waals surface area (Å²) in [7, 11) is 1.73. The third kappa shape index (κ3) is 10.0. The number of nitrogens with one attached hydrogen (secondary N) is 2. The molecule has 22 heavy (non-hydrogen) atoms. The minimum Gasteiger partial charge on any atom is -0.385 e. The van der Waals surface area contributed by atoms with Gasteiger partial charge in [-0.25, -0.2) is 0 Å². The van der Waals surface area contributed by atoms with E-state index in [4.69, 9.17) is 4.74 Å². The quantitative estimate of drug-likeness (QED) is 0.349. The van der Waals surface area contributed by atoms with Gasteiger partial charge < -0.3 is 20.3 Å². The number of hydrogen-bond acceptors (Lipinski definition) is 3. The fourth-order valence-corrected chi connectivity index (χ4v) is 2.77. The summed E-state index contributed by atoms with van der Waals surface area (Å²) in [4.78, 5) is 7.17. The van der Waals surface area contributed by atoms with E-state index in [1.165, 1.54) is 58.2 Å². The summed E-state index contributed by atoms with van der Waals surface area (Å²) >= 11 is 0. The van der Waals surface area contributed by atoms with Crippen molar-refractivity contribution in [3.8, 4) is 0 Å². The average Bonchev–Trinajstić information content (AvgIpc) is 2.55. The Hall–Kier alpha value is -0.810. The largest absolute Gasteiger partial charge is 0.385 e. The molecule has 5 nitrogen and oxygen atoms in total. The zero-order chi connectivity index (χ0) is 15.9. The first kappa shape index (κ1) is 19.2. The second-order valence-corrected chi connectivity index (χ2v) is 6.00. The van der Waals surface area contributed by atoms with Crippen molar-refractivity contribution < 1.29 is 4.74 Å². The second-order valence-electron chi connectivity index (χ2n) is 6.00. The molecule has 1 rings (SSSR count). The Kier molecular flexibility index (Phi) is 12.1. The van der Waals surface area contributed by atoms with Gasteiger partial charge in [0.05, 0.1) is 0 Å². The highest BCUT2D eigenvalue weighted by molar-refractivity contribution is 5.79. The average molecular weight is 313 g/mol. The SMILES string of the molecule is CCNC(=NCCCOC)NCCCCCN1CCCCC1. The molecule has 0 aromatic heterocycles. The lowest BCUT2D eigenvalue weighted by Gasteiger charge is -2.26. The summed E-state index contributed by atoms with van der Waals surface area (Å²) in [5.41, 5.74) is 0. The molecule has 0 amide bonds. The van der Waals surface area contributed by atoms with Crippen molar-refractivity contribution in [2.75, 3.05) is 53.0 Å². The molecule has 0 saturated carbocycles. The molecular formula is C17H36N4O. The Balaban J connectivity index is 2.01. The first-order valence-corrected chi connectivity index (χ1v) is 9.10. The van der Waals surface area contributed by atoms with E-state index < -0.39 is 0 Å². The monoisotopic (exact) mass is 312 g/mol. The maximum atomic E-state index is 5.04. The van der Waals surface area contributed by atoms with Crippen molar-refractivity contribution >= 4 is 5.96 Å². The van der Waals surface area contributed by atoms with Gasteiger partial charge in [-0.05, 0) is 58.7 Å². The van der Waals surface area contributed by atoms with Crippen LogP contribution in [0.1, 0.15) is 51.9 Å². The summed E-state index contributed by atoms with van der Waals surface area (Å²) in [5.74, 6) is 0.939. The zero-order valence-electron chi connectivity index (χ0n) is 14.7. The van der Waals surface area contributed by atoms with Crippen LogP contribution in [0.5, 0.6) is 0 Å². The maximum absolute atomic E-state index is 5.04. The normalized spacial score (nSPS) is 16.7. The van der Waals surface area contributed by atoms with Gasteiger partial charge >= 0.3 is 0 Å². The van der Waals surface area contributed by atoms with E-state index in [2.05, 4.69) is 27.4 Å². The van der Waals surface area contributed by atoms with Crippen LogP contribution in [0.4, 0.5) is 0 Å². The predicted molar refractivity (Wildman–Crippen MR) is 94.6 cm³/mol. The number of aliphatic imine (C=N–C) groups is 1. The maximum Gasteiger partial charge on any atom is 0.191 e. The minimum absolute atomic E-state index is 0.777. The Morgan fingerprint density at radius 2 is 1.86 bits per heavy atom. The van der Waals surface area contributed by atoms with Gasteiger partial charge in [-0.15, -0.1) is 0 Å². The van der Waals surface area contributed by atoms with Gasteiger partial charge in [0.25, 0.3) is 0 Å². The van der Waals surface area contributed by atoms with Crippen LogP contribution in [0.3, 0.4) is 0 Å². The van der Waals surface area contributed by atoms with Crippen molar-refractivity contribution in [1.82, 2.24) is 15.5 Å². The number of nitrogens with zero attached hydrogens (tertiary/aromatic N) is 2. The summed E-state index contributed by atoms with van der Waals surface area (Å²) < 4.78 is 5.04. The molecule has 0 spiro atoms. The highest BCUT2D eigenvalue weighted by atomic mass is 16.5. The predicted octanol–water partition coefficient (Wildman–Crippen LogP) is 2.23. The van der Waals surface area contributed by atoms with Gasteiger partial charge in [-0.3, -0.25) is 4.99 Å². The number of rotatable bonds is 11. The number of ether oxygens (including phenoxy) is 1. The van der Waals surface area contributed by atoms with Crippen molar-refractivity contribution in [2.45, 2.75) is 51.9 Å². The fourth-order valence-electron chi connectivity index (χ4n) is 2.77. The third-order valence-electron chi connectivity index (χ3n) is 4.01. The molecule has 1 heterocycles. The summed E-state index contributed by atoms with van der Waals surface area (Å²) in [5, 5.41) is 6.71. The number of hydrogen-bond donors (Lipinski definition) is 2. The molecule has 1 aliphatic heterocycles. The van der Waals surface area contributed by atoms with E-state index >= 15 is 0 Å². The van der Waals surface area contributed by atoms with Crippen LogP contribution in [0.15, 0.2) is 4.99 Å². The number of guanidine groups is 1. The van der Waals surface area contributed by atoms with Crippen LogP contribution in [0.2, 0.25) is 0 Å². The summed E-state index contributed by atoms with van der Waals surface area (Å²) in [6.07, 6.45) is 9.03. The first-order valence-electron chi connectivity index (χ1n) is 9.10. The lowest BCUT2D eigenvalue weighted by Crippen LogP contribution is -2.38. The molecule has 1 saturated heterocycles. The first-order chi connectivity index (χ1) is 10.9. The van der Waals surface area contributed by atoms with Crippen LogP contribution in [0.25, 0.3) is 0 Å². The Bertz CT molecular complexity index is 278. The molecule has 5 heteroatoms. The lowest BCUT2D eigenvalue weighted by molar-refractivity contribution is 0.197. The van der Waals surface area contributed by atoms with E-state index in [1.54, 1.807) is 7.11 Å². The summed E-state index contributed by atoms with van der Waals surface area (Å²) in [6.45, 7) is 9.53. The topological polar surface area (TPSA) is 48.9 Å². The van der Waals surface area contributed by atoms with Crippen LogP contribution in [-0.2, 0) is 4.74 Å². The van der Waals surface area contributed by atoms with E-state index in [-0.39, 0.29) is 0 Å². The molecule has 1 aliphatic rings. The zero-order valence-corrected chi connectivity index (χ0v) is 14.7. The second kappa shape index (κ2) is 13.8. The van der Waals surface area contributed by atoms with E-state index in [0.717, 1.165) is 38.6 Å². The van der Waals surface area contributed by atoms with Crippen molar-refractivity contribution in [3.05, 3.63) is 0 Å². The highest BCUT2D eigenvalue weighted by Crippen LogP contribution is 2.09. The molecule has 1 fully saturated rings. The van der Waals surface area contributed by atoms with Crippen LogP contribution >= 0.6 is 0 Å². The molecule has 0 aromatic carbocycles. The Morgan fingerprint density at radius 3 is 2.59 bits per heavy atom. The number of methoxy groups -OCH3 is 1. The molecule has 2 N–H and O–H groups in total. The Morgan fingerprint density at radius 1 is 1.05 bits per heavy atom. The lowest BCUT2D eigenvalue weighted by atomic mass is 10.1. The molecule has 0 atom stereocenters. The number of likely N-dealkylation sites (tertiary alicyclic amines) is 1. The van der Waals surface area contributed by atoms with Crippen LogP contribution < -0.4 is 10.6 Å².